The number of morpholine rings is 1. The molecule has 2 aliphatic heterocycles. The van der Waals surface area contributed by atoms with Crippen LogP contribution in [0.15, 0.2) is 24.3 Å². The van der Waals surface area contributed by atoms with Gasteiger partial charge < -0.3 is 15.4 Å². The third-order valence-electron chi connectivity index (χ3n) is 4.76. The van der Waals surface area contributed by atoms with Crippen LogP contribution in [0.25, 0.3) is 0 Å². The average Bonchev–Trinajstić information content (AvgIpc) is 2.63. The van der Waals surface area contributed by atoms with Gasteiger partial charge in [-0.2, -0.15) is 0 Å². The van der Waals surface area contributed by atoms with Crippen molar-refractivity contribution in [2.75, 3.05) is 52.5 Å². The Bertz CT molecular complexity index is 491. The smallest absolute Gasteiger partial charge is 0.251 e. The summed E-state index contributed by atoms with van der Waals surface area (Å²) in [7, 11) is 0. The summed E-state index contributed by atoms with van der Waals surface area (Å²) in [4.78, 5) is 14.5. The molecule has 126 valence electrons. The lowest BCUT2D eigenvalue weighted by Gasteiger charge is -2.26. The van der Waals surface area contributed by atoms with Gasteiger partial charge in [0, 0.05) is 38.3 Å². The molecule has 0 radical (unpaired) electrons. The molecule has 0 saturated carbocycles. The highest BCUT2D eigenvalue weighted by Crippen LogP contribution is 2.23. The van der Waals surface area contributed by atoms with E-state index in [1.54, 1.807) is 0 Å². The summed E-state index contributed by atoms with van der Waals surface area (Å²) in [5.74, 6) is 0.605. The lowest BCUT2D eigenvalue weighted by molar-refractivity contribution is 0.0383. The Kier molecular flexibility index (Phi) is 6.02. The van der Waals surface area contributed by atoms with Crippen molar-refractivity contribution in [2.45, 2.75) is 18.8 Å². The quantitative estimate of drug-likeness (QED) is 0.857. The molecule has 23 heavy (non-hydrogen) atoms. The van der Waals surface area contributed by atoms with E-state index in [-0.39, 0.29) is 5.91 Å². The van der Waals surface area contributed by atoms with Gasteiger partial charge in [-0.3, -0.25) is 9.69 Å². The first-order valence-corrected chi connectivity index (χ1v) is 8.72. The SMILES string of the molecule is O=C(NCCN1CCOCC1)c1ccc([C@H]2CCCNC2)cc1. The summed E-state index contributed by atoms with van der Waals surface area (Å²) in [6.07, 6.45) is 2.46. The van der Waals surface area contributed by atoms with Gasteiger partial charge in [-0.25, -0.2) is 0 Å². The van der Waals surface area contributed by atoms with Crippen molar-refractivity contribution in [3.63, 3.8) is 0 Å². The van der Waals surface area contributed by atoms with Crippen LogP contribution >= 0.6 is 0 Å². The van der Waals surface area contributed by atoms with E-state index < -0.39 is 0 Å². The topological polar surface area (TPSA) is 53.6 Å². The third-order valence-corrected chi connectivity index (χ3v) is 4.76. The van der Waals surface area contributed by atoms with E-state index in [9.17, 15) is 4.79 Å². The van der Waals surface area contributed by atoms with Crippen LogP contribution in [-0.2, 0) is 4.74 Å². The number of hydrogen-bond donors (Lipinski definition) is 2. The van der Waals surface area contributed by atoms with E-state index in [4.69, 9.17) is 4.74 Å². The third kappa shape index (κ3) is 4.77. The first kappa shape index (κ1) is 16.4. The van der Waals surface area contributed by atoms with Gasteiger partial charge in [0.15, 0.2) is 0 Å². The van der Waals surface area contributed by atoms with Gasteiger partial charge in [-0.05, 0) is 43.0 Å². The fraction of sp³-hybridized carbons (Fsp3) is 0.611. The van der Waals surface area contributed by atoms with E-state index in [2.05, 4.69) is 27.7 Å². The van der Waals surface area contributed by atoms with Crippen molar-refractivity contribution in [3.05, 3.63) is 35.4 Å². The maximum Gasteiger partial charge on any atom is 0.251 e. The molecule has 1 aromatic carbocycles. The van der Waals surface area contributed by atoms with Crippen LogP contribution in [0.4, 0.5) is 0 Å². The molecule has 1 amide bonds. The first-order valence-electron chi connectivity index (χ1n) is 8.72. The zero-order valence-corrected chi connectivity index (χ0v) is 13.7. The lowest BCUT2D eigenvalue weighted by atomic mass is 9.91. The number of hydrogen-bond acceptors (Lipinski definition) is 4. The Hall–Kier alpha value is -1.43. The molecule has 2 N–H and O–H groups in total. The zero-order chi connectivity index (χ0) is 15.9. The Morgan fingerprint density at radius 2 is 2.04 bits per heavy atom. The Morgan fingerprint density at radius 1 is 1.26 bits per heavy atom. The van der Waals surface area contributed by atoms with E-state index >= 15 is 0 Å². The molecular weight excluding hydrogens is 290 g/mol. The standard InChI is InChI=1S/C18H27N3O2/c22-18(20-8-9-21-10-12-23-13-11-21)16-5-3-15(4-6-16)17-2-1-7-19-14-17/h3-6,17,19H,1-2,7-14H2,(H,20,22)/t17-/m0/s1. The van der Waals surface area contributed by atoms with Crippen molar-refractivity contribution in [1.29, 1.82) is 0 Å². The number of amides is 1. The Balaban J connectivity index is 1.45. The summed E-state index contributed by atoms with van der Waals surface area (Å²) < 4.78 is 5.32. The number of benzene rings is 1. The van der Waals surface area contributed by atoms with Gasteiger partial charge in [0.1, 0.15) is 0 Å². The number of rotatable bonds is 5. The fourth-order valence-corrected chi connectivity index (χ4v) is 3.30. The number of carbonyl (C=O) groups excluding carboxylic acids is 1. The molecule has 0 bridgehead atoms. The molecule has 2 saturated heterocycles. The highest BCUT2D eigenvalue weighted by atomic mass is 16.5. The maximum absolute atomic E-state index is 12.2. The van der Waals surface area contributed by atoms with Gasteiger partial charge in [-0.1, -0.05) is 12.1 Å². The van der Waals surface area contributed by atoms with E-state index in [0.717, 1.165) is 51.5 Å². The van der Waals surface area contributed by atoms with Gasteiger partial charge in [0.25, 0.3) is 5.91 Å². The van der Waals surface area contributed by atoms with E-state index in [0.29, 0.717) is 12.5 Å². The molecule has 0 aromatic heterocycles. The minimum Gasteiger partial charge on any atom is -0.379 e. The van der Waals surface area contributed by atoms with Crippen LogP contribution in [0.3, 0.4) is 0 Å². The minimum absolute atomic E-state index is 0.0200. The van der Waals surface area contributed by atoms with Crippen molar-refractivity contribution in [3.8, 4) is 0 Å². The van der Waals surface area contributed by atoms with Gasteiger partial charge in [0.05, 0.1) is 13.2 Å². The van der Waals surface area contributed by atoms with Gasteiger partial charge in [-0.15, -0.1) is 0 Å². The number of ether oxygens (including phenoxy) is 1. The lowest BCUT2D eigenvalue weighted by Crippen LogP contribution is -2.41. The van der Waals surface area contributed by atoms with Gasteiger partial charge in [0.2, 0.25) is 0 Å². The largest absolute Gasteiger partial charge is 0.379 e. The van der Waals surface area contributed by atoms with Crippen LogP contribution in [0.5, 0.6) is 0 Å². The second-order valence-electron chi connectivity index (χ2n) is 6.38. The molecule has 0 aliphatic carbocycles. The average molecular weight is 317 g/mol. The Labute approximate surface area is 138 Å². The number of carbonyl (C=O) groups is 1. The molecule has 2 aliphatic rings. The van der Waals surface area contributed by atoms with Crippen molar-refractivity contribution >= 4 is 5.91 Å². The monoisotopic (exact) mass is 317 g/mol. The highest BCUT2D eigenvalue weighted by molar-refractivity contribution is 5.94. The van der Waals surface area contributed by atoms with Crippen LogP contribution in [0.1, 0.15) is 34.7 Å². The van der Waals surface area contributed by atoms with E-state index in [1.165, 1.54) is 18.4 Å². The molecule has 5 nitrogen and oxygen atoms in total. The van der Waals surface area contributed by atoms with Crippen LogP contribution in [0, 0.1) is 0 Å². The summed E-state index contributed by atoms with van der Waals surface area (Å²) >= 11 is 0. The Morgan fingerprint density at radius 3 is 2.74 bits per heavy atom. The highest BCUT2D eigenvalue weighted by Gasteiger charge is 2.15. The van der Waals surface area contributed by atoms with Crippen LogP contribution < -0.4 is 10.6 Å². The summed E-state index contributed by atoms with van der Waals surface area (Å²) in [5, 5.41) is 6.45. The molecule has 2 heterocycles. The first-order chi connectivity index (χ1) is 11.3. The maximum atomic E-state index is 12.2. The molecule has 1 atom stereocenters. The molecule has 0 unspecified atom stereocenters. The summed E-state index contributed by atoms with van der Waals surface area (Å²) in [5.41, 5.74) is 2.08. The predicted molar refractivity (Wildman–Crippen MR) is 90.9 cm³/mol. The minimum atomic E-state index is 0.0200. The van der Waals surface area contributed by atoms with Crippen molar-refractivity contribution in [1.82, 2.24) is 15.5 Å². The predicted octanol–water partition coefficient (Wildman–Crippen LogP) is 1.22. The molecule has 2 fully saturated rings. The number of nitrogens with zero attached hydrogens (tertiary/aromatic N) is 1. The molecular formula is C18H27N3O2. The van der Waals surface area contributed by atoms with Crippen LogP contribution in [0.2, 0.25) is 0 Å². The molecule has 5 heteroatoms. The van der Waals surface area contributed by atoms with Crippen LogP contribution in [-0.4, -0.2) is 63.3 Å². The number of nitrogens with one attached hydrogen (secondary N) is 2. The van der Waals surface area contributed by atoms with Crippen molar-refractivity contribution in [2.24, 2.45) is 0 Å². The van der Waals surface area contributed by atoms with Gasteiger partial charge >= 0.3 is 0 Å². The summed E-state index contributed by atoms with van der Waals surface area (Å²) in [6.45, 7) is 7.26. The van der Waals surface area contributed by atoms with Crippen molar-refractivity contribution < 1.29 is 9.53 Å². The second-order valence-corrected chi connectivity index (χ2v) is 6.38. The summed E-state index contributed by atoms with van der Waals surface area (Å²) in [6, 6.07) is 8.12. The molecule has 1 aromatic rings. The van der Waals surface area contributed by atoms with E-state index in [1.807, 2.05) is 12.1 Å². The fourth-order valence-electron chi connectivity index (χ4n) is 3.30. The normalized spacial score (nSPS) is 22.7. The molecule has 3 rings (SSSR count). The number of piperidine rings is 1. The zero-order valence-electron chi connectivity index (χ0n) is 13.7. The molecule has 0 spiro atoms. The second kappa shape index (κ2) is 8.43.